The molecule has 0 aliphatic rings. The van der Waals surface area contributed by atoms with Crippen molar-refractivity contribution in [3.8, 4) is 16.9 Å². The third-order valence-electron chi connectivity index (χ3n) is 5.98. The summed E-state index contributed by atoms with van der Waals surface area (Å²) < 4.78 is 17.6. The molecule has 0 saturated carbocycles. The lowest BCUT2D eigenvalue weighted by Crippen LogP contribution is -2.17. The average molecular weight is 497 g/mol. The average Bonchev–Trinajstić information content (AvgIpc) is 3.29. The molecule has 8 heteroatoms. The van der Waals surface area contributed by atoms with Gasteiger partial charge in [0.1, 0.15) is 16.8 Å². The Hall–Kier alpha value is -4.72. The normalized spacial score (nSPS) is 11.1. The highest BCUT2D eigenvalue weighted by molar-refractivity contribution is 6.09. The van der Waals surface area contributed by atoms with Crippen LogP contribution in [0.1, 0.15) is 40.3 Å². The maximum atomic E-state index is 13.3. The van der Waals surface area contributed by atoms with Gasteiger partial charge in [-0.15, -0.1) is 0 Å². The summed E-state index contributed by atoms with van der Waals surface area (Å²) in [4.78, 5) is 39.7. The molecule has 2 aromatic heterocycles. The van der Waals surface area contributed by atoms with E-state index in [0.29, 0.717) is 16.7 Å². The summed E-state index contributed by atoms with van der Waals surface area (Å²) in [5.41, 5.74) is 0.864. The van der Waals surface area contributed by atoms with Crippen LogP contribution in [0.2, 0.25) is 0 Å². The van der Waals surface area contributed by atoms with Gasteiger partial charge >= 0.3 is 17.6 Å². The molecule has 186 valence electrons. The number of aromatic nitrogens is 2. The van der Waals surface area contributed by atoms with Gasteiger partial charge in [-0.1, -0.05) is 42.5 Å². The Kier molecular flexibility index (Phi) is 6.31. The fraction of sp³-hybridized carbons (Fsp3) is 0.172. The Labute approximate surface area is 212 Å². The Balaban J connectivity index is 1.87. The molecule has 37 heavy (non-hydrogen) atoms. The van der Waals surface area contributed by atoms with E-state index in [-0.39, 0.29) is 35.7 Å². The molecule has 0 fully saturated rings. The predicted molar refractivity (Wildman–Crippen MR) is 139 cm³/mol. The Morgan fingerprint density at radius 3 is 2.41 bits per heavy atom. The lowest BCUT2D eigenvalue weighted by molar-refractivity contribution is 0.0473. The SMILES string of the molecule is CCOC(=O)c1c(-c2cc3c(ccc4ccccc43)oc2=O)nn(-c2cccc(C)c2)c1C(=O)OCC. The molecule has 0 aliphatic heterocycles. The van der Waals surface area contributed by atoms with Crippen molar-refractivity contribution in [3.63, 3.8) is 0 Å². The number of carbonyl (C=O) groups excluding carboxylic acids is 2. The first-order valence-electron chi connectivity index (χ1n) is 11.9. The van der Waals surface area contributed by atoms with Crippen molar-refractivity contribution in [2.45, 2.75) is 20.8 Å². The smallest absolute Gasteiger partial charge is 0.357 e. The number of hydrogen-bond acceptors (Lipinski definition) is 7. The molecular formula is C29H24N2O6. The van der Waals surface area contributed by atoms with Crippen LogP contribution in [-0.4, -0.2) is 34.9 Å². The number of aryl methyl sites for hydroxylation is 1. The fourth-order valence-corrected chi connectivity index (χ4v) is 4.37. The van der Waals surface area contributed by atoms with E-state index in [1.807, 2.05) is 55.5 Å². The highest BCUT2D eigenvalue weighted by Crippen LogP contribution is 2.32. The minimum atomic E-state index is -0.795. The third-order valence-corrected chi connectivity index (χ3v) is 5.98. The maximum absolute atomic E-state index is 13.3. The summed E-state index contributed by atoms with van der Waals surface area (Å²) in [6.45, 7) is 5.36. The van der Waals surface area contributed by atoms with Crippen LogP contribution in [0.5, 0.6) is 0 Å². The summed E-state index contributed by atoms with van der Waals surface area (Å²) in [6, 6.07) is 20.2. The number of hydrogen-bond donors (Lipinski definition) is 0. The van der Waals surface area contributed by atoms with E-state index in [2.05, 4.69) is 5.10 Å². The lowest BCUT2D eigenvalue weighted by Gasteiger charge is -2.09. The topological polar surface area (TPSA) is 101 Å². The van der Waals surface area contributed by atoms with E-state index >= 15 is 0 Å². The van der Waals surface area contributed by atoms with Crippen molar-refractivity contribution in [2.24, 2.45) is 0 Å². The number of benzene rings is 3. The molecule has 5 rings (SSSR count). The lowest BCUT2D eigenvalue weighted by atomic mass is 10.0. The Bertz CT molecular complexity index is 1730. The van der Waals surface area contributed by atoms with E-state index in [9.17, 15) is 14.4 Å². The molecule has 0 spiro atoms. The summed E-state index contributed by atoms with van der Waals surface area (Å²) in [6.07, 6.45) is 0. The number of rotatable bonds is 6. The fourth-order valence-electron chi connectivity index (χ4n) is 4.37. The summed E-state index contributed by atoms with van der Waals surface area (Å²) in [5, 5.41) is 7.10. The van der Waals surface area contributed by atoms with Gasteiger partial charge in [-0.2, -0.15) is 5.10 Å². The molecule has 5 aromatic rings. The molecule has 3 aromatic carbocycles. The van der Waals surface area contributed by atoms with Crippen LogP contribution in [0.3, 0.4) is 0 Å². The van der Waals surface area contributed by atoms with Crippen molar-refractivity contribution in [3.05, 3.63) is 94.0 Å². The highest BCUT2D eigenvalue weighted by atomic mass is 16.5. The van der Waals surface area contributed by atoms with Crippen LogP contribution in [-0.2, 0) is 9.47 Å². The molecule has 0 aliphatic carbocycles. The Morgan fingerprint density at radius 2 is 1.65 bits per heavy atom. The quantitative estimate of drug-likeness (QED) is 0.175. The van der Waals surface area contributed by atoms with Crippen LogP contribution < -0.4 is 5.63 Å². The zero-order chi connectivity index (χ0) is 26.1. The van der Waals surface area contributed by atoms with E-state index in [0.717, 1.165) is 16.3 Å². The Morgan fingerprint density at radius 1 is 0.892 bits per heavy atom. The van der Waals surface area contributed by atoms with Gasteiger partial charge < -0.3 is 13.9 Å². The van der Waals surface area contributed by atoms with Crippen molar-refractivity contribution < 1.29 is 23.5 Å². The molecule has 0 bridgehead atoms. The molecule has 0 unspecified atom stereocenters. The van der Waals surface area contributed by atoms with Gasteiger partial charge in [0.2, 0.25) is 0 Å². The largest absolute Gasteiger partial charge is 0.462 e. The van der Waals surface area contributed by atoms with E-state index in [1.165, 1.54) is 4.68 Å². The third kappa shape index (κ3) is 4.27. The van der Waals surface area contributed by atoms with Crippen LogP contribution in [0, 0.1) is 6.92 Å². The van der Waals surface area contributed by atoms with Gasteiger partial charge in [0.15, 0.2) is 5.69 Å². The second-order valence-electron chi connectivity index (χ2n) is 8.41. The van der Waals surface area contributed by atoms with Gasteiger partial charge in [0, 0.05) is 5.39 Å². The molecule has 0 N–H and O–H groups in total. The summed E-state index contributed by atoms with van der Waals surface area (Å²) in [7, 11) is 0. The second kappa shape index (κ2) is 9.73. The molecule has 0 amide bonds. The van der Waals surface area contributed by atoms with Gasteiger partial charge in [0.05, 0.1) is 24.5 Å². The van der Waals surface area contributed by atoms with Gasteiger partial charge in [-0.3, -0.25) is 0 Å². The number of fused-ring (bicyclic) bond motifs is 3. The number of nitrogens with zero attached hydrogens (tertiary/aromatic N) is 2. The van der Waals surface area contributed by atoms with Gasteiger partial charge in [-0.05, 0) is 61.4 Å². The first kappa shape index (κ1) is 24.0. The summed E-state index contributed by atoms with van der Waals surface area (Å²) in [5.74, 6) is -1.56. The van der Waals surface area contributed by atoms with E-state index in [4.69, 9.17) is 13.9 Å². The minimum Gasteiger partial charge on any atom is -0.462 e. The standard InChI is InChI=1S/C29H24N2O6/c1-4-35-28(33)24-25(30-31(26(24)29(34)36-5-2)19-11-8-9-17(3)15-19)22-16-21-20-12-7-6-10-18(20)13-14-23(21)37-27(22)32/h6-16H,4-5H2,1-3H3. The highest BCUT2D eigenvalue weighted by Gasteiger charge is 2.33. The molecule has 0 radical (unpaired) electrons. The maximum Gasteiger partial charge on any atom is 0.357 e. The van der Waals surface area contributed by atoms with Crippen LogP contribution in [0.25, 0.3) is 38.7 Å². The zero-order valence-corrected chi connectivity index (χ0v) is 20.6. The predicted octanol–water partition coefficient (Wildman–Crippen LogP) is 5.46. The van der Waals surface area contributed by atoms with Crippen LogP contribution in [0.15, 0.2) is 75.9 Å². The molecule has 2 heterocycles. The summed E-state index contributed by atoms with van der Waals surface area (Å²) >= 11 is 0. The molecular weight excluding hydrogens is 472 g/mol. The van der Waals surface area contributed by atoms with Crippen molar-refractivity contribution in [2.75, 3.05) is 13.2 Å². The monoisotopic (exact) mass is 496 g/mol. The van der Waals surface area contributed by atoms with Crippen LogP contribution in [0.4, 0.5) is 0 Å². The first-order valence-corrected chi connectivity index (χ1v) is 11.9. The number of ether oxygens (including phenoxy) is 2. The first-order chi connectivity index (χ1) is 17.9. The zero-order valence-electron chi connectivity index (χ0n) is 20.6. The van der Waals surface area contributed by atoms with Crippen LogP contribution >= 0.6 is 0 Å². The van der Waals surface area contributed by atoms with Gasteiger partial charge in [-0.25, -0.2) is 19.1 Å². The van der Waals surface area contributed by atoms with Crippen molar-refractivity contribution >= 4 is 33.7 Å². The van der Waals surface area contributed by atoms with E-state index < -0.39 is 17.6 Å². The van der Waals surface area contributed by atoms with Crippen molar-refractivity contribution in [1.29, 1.82) is 0 Å². The second-order valence-corrected chi connectivity index (χ2v) is 8.41. The van der Waals surface area contributed by atoms with Crippen molar-refractivity contribution in [1.82, 2.24) is 9.78 Å². The number of carbonyl (C=O) groups is 2. The molecule has 0 atom stereocenters. The van der Waals surface area contributed by atoms with Gasteiger partial charge in [0.25, 0.3) is 0 Å². The molecule has 0 saturated heterocycles. The van der Waals surface area contributed by atoms with E-state index in [1.54, 1.807) is 32.0 Å². The minimum absolute atomic E-state index is 0.0217. The molecule has 8 nitrogen and oxygen atoms in total. The number of esters is 2.